The Kier molecular flexibility index (Phi) is 6.40. The fourth-order valence-electron chi connectivity index (χ4n) is 2.33. The van der Waals surface area contributed by atoms with Gasteiger partial charge in [-0.05, 0) is 43.5 Å². The lowest BCUT2D eigenvalue weighted by atomic mass is 10.2. The number of carbonyl (C=O) groups is 1. The van der Waals surface area contributed by atoms with Crippen molar-refractivity contribution < 1.29 is 4.79 Å². The molecule has 0 spiro atoms. The Balaban J connectivity index is 1.94. The third-order valence-corrected chi connectivity index (χ3v) is 4.68. The lowest BCUT2D eigenvalue weighted by molar-refractivity contribution is -0.120. The zero-order valence-corrected chi connectivity index (χ0v) is 13.0. The Morgan fingerprint density at radius 1 is 1.40 bits per heavy atom. The standard InChI is InChI=1S/C16H24N2OS/c1-2-9-17-12-13-6-5-7-14(11-13)20-15-8-3-4-10-18-16(15)19/h5-7,11,15,17H,2-4,8-10,12H2,1H3,(H,18,19). The molecule has 1 heterocycles. The summed E-state index contributed by atoms with van der Waals surface area (Å²) in [5.41, 5.74) is 1.29. The first kappa shape index (κ1) is 15.4. The van der Waals surface area contributed by atoms with Gasteiger partial charge in [0, 0.05) is 18.0 Å². The van der Waals surface area contributed by atoms with Crippen molar-refractivity contribution in [2.45, 2.75) is 49.3 Å². The monoisotopic (exact) mass is 292 g/mol. The van der Waals surface area contributed by atoms with E-state index < -0.39 is 0 Å². The van der Waals surface area contributed by atoms with E-state index in [0.29, 0.717) is 0 Å². The molecular formula is C16H24N2OS. The van der Waals surface area contributed by atoms with Crippen LogP contribution in [-0.2, 0) is 11.3 Å². The highest BCUT2D eigenvalue weighted by atomic mass is 32.2. The number of hydrogen-bond donors (Lipinski definition) is 2. The van der Waals surface area contributed by atoms with E-state index in [9.17, 15) is 4.79 Å². The number of carbonyl (C=O) groups excluding carboxylic acids is 1. The fraction of sp³-hybridized carbons (Fsp3) is 0.562. The minimum Gasteiger partial charge on any atom is -0.355 e. The molecule has 1 aromatic carbocycles. The number of benzene rings is 1. The molecule has 0 bridgehead atoms. The van der Waals surface area contributed by atoms with Gasteiger partial charge in [0.25, 0.3) is 0 Å². The van der Waals surface area contributed by atoms with Crippen LogP contribution in [0.15, 0.2) is 29.2 Å². The SMILES string of the molecule is CCCNCc1cccc(SC2CCCCNC2=O)c1. The molecule has 0 radical (unpaired) electrons. The fourth-order valence-corrected chi connectivity index (χ4v) is 3.51. The molecule has 0 aliphatic carbocycles. The summed E-state index contributed by atoms with van der Waals surface area (Å²) in [7, 11) is 0. The predicted molar refractivity (Wildman–Crippen MR) is 84.9 cm³/mol. The number of thioether (sulfide) groups is 1. The van der Waals surface area contributed by atoms with Gasteiger partial charge in [0.05, 0.1) is 5.25 Å². The molecular weight excluding hydrogens is 268 g/mol. The molecule has 0 saturated carbocycles. The smallest absolute Gasteiger partial charge is 0.233 e. The van der Waals surface area contributed by atoms with E-state index in [1.807, 2.05) is 0 Å². The van der Waals surface area contributed by atoms with Gasteiger partial charge in [-0.2, -0.15) is 0 Å². The molecule has 1 unspecified atom stereocenters. The second-order valence-corrected chi connectivity index (χ2v) is 6.49. The molecule has 20 heavy (non-hydrogen) atoms. The summed E-state index contributed by atoms with van der Waals surface area (Å²) in [6, 6.07) is 8.53. The summed E-state index contributed by atoms with van der Waals surface area (Å²) < 4.78 is 0. The lowest BCUT2D eigenvalue weighted by Gasteiger charge is -2.13. The van der Waals surface area contributed by atoms with Gasteiger partial charge in [-0.15, -0.1) is 11.8 Å². The van der Waals surface area contributed by atoms with Crippen molar-refractivity contribution in [3.63, 3.8) is 0 Å². The highest BCUT2D eigenvalue weighted by Gasteiger charge is 2.21. The predicted octanol–water partition coefficient (Wildman–Crippen LogP) is 2.95. The molecule has 1 aromatic rings. The summed E-state index contributed by atoms with van der Waals surface area (Å²) in [5, 5.41) is 6.48. The summed E-state index contributed by atoms with van der Waals surface area (Å²) in [4.78, 5) is 13.2. The van der Waals surface area contributed by atoms with Crippen molar-refractivity contribution in [3.05, 3.63) is 29.8 Å². The van der Waals surface area contributed by atoms with Crippen LogP contribution in [0, 0.1) is 0 Å². The van der Waals surface area contributed by atoms with Crippen LogP contribution in [0.2, 0.25) is 0 Å². The molecule has 4 heteroatoms. The van der Waals surface area contributed by atoms with Crippen LogP contribution in [0.4, 0.5) is 0 Å². The first-order valence-corrected chi connectivity index (χ1v) is 8.41. The lowest BCUT2D eigenvalue weighted by Crippen LogP contribution is -2.30. The number of hydrogen-bond acceptors (Lipinski definition) is 3. The van der Waals surface area contributed by atoms with Gasteiger partial charge in [0.1, 0.15) is 0 Å². The highest BCUT2D eigenvalue weighted by Crippen LogP contribution is 2.28. The minimum atomic E-state index is 0.0661. The van der Waals surface area contributed by atoms with Gasteiger partial charge in [0.2, 0.25) is 5.91 Å². The third kappa shape index (κ3) is 4.84. The largest absolute Gasteiger partial charge is 0.355 e. The van der Waals surface area contributed by atoms with Crippen LogP contribution < -0.4 is 10.6 Å². The van der Waals surface area contributed by atoms with Gasteiger partial charge >= 0.3 is 0 Å². The van der Waals surface area contributed by atoms with Crippen molar-refractivity contribution in [2.24, 2.45) is 0 Å². The van der Waals surface area contributed by atoms with Crippen LogP contribution >= 0.6 is 11.8 Å². The van der Waals surface area contributed by atoms with Gasteiger partial charge in [-0.1, -0.05) is 25.5 Å². The molecule has 1 aliphatic heterocycles. The second kappa shape index (κ2) is 8.32. The van der Waals surface area contributed by atoms with Crippen molar-refractivity contribution in [1.29, 1.82) is 0 Å². The maximum Gasteiger partial charge on any atom is 0.233 e. The van der Waals surface area contributed by atoms with Crippen LogP contribution in [0.5, 0.6) is 0 Å². The van der Waals surface area contributed by atoms with E-state index in [1.165, 1.54) is 10.5 Å². The number of amides is 1. The van der Waals surface area contributed by atoms with Crippen molar-refractivity contribution in [1.82, 2.24) is 10.6 Å². The molecule has 1 fully saturated rings. The van der Waals surface area contributed by atoms with Crippen molar-refractivity contribution >= 4 is 17.7 Å². The van der Waals surface area contributed by atoms with Crippen LogP contribution in [-0.4, -0.2) is 24.2 Å². The highest BCUT2D eigenvalue weighted by molar-refractivity contribution is 8.00. The van der Waals surface area contributed by atoms with Crippen molar-refractivity contribution in [2.75, 3.05) is 13.1 Å². The topological polar surface area (TPSA) is 41.1 Å². The van der Waals surface area contributed by atoms with Gasteiger partial charge < -0.3 is 10.6 Å². The van der Waals surface area contributed by atoms with Gasteiger partial charge in [-0.25, -0.2) is 0 Å². The Morgan fingerprint density at radius 2 is 2.30 bits per heavy atom. The molecule has 2 N–H and O–H groups in total. The van der Waals surface area contributed by atoms with E-state index in [4.69, 9.17) is 0 Å². The van der Waals surface area contributed by atoms with Crippen LogP contribution in [0.1, 0.15) is 38.2 Å². The first-order chi connectivity index (χ1) is 9.79. The van der Waals surface area contributed by atoms with Crippen LogP contribution in [0.25, 0.3) is 0 Å². The first-order valence-electron chi connectivity index (χ1n) is 7.53. The van der Waals surface area contributed by atoms with E-state index in [-0.39, 0.29) is 11.2 Å². The second-order valence-electron chi connectivity index (χ2n) is 5.22. The van der Waals surface area contributed by atoms with E-state index >= 15 is 0 Å². The maximum absolute atomic E-state index is 12.0. The third-order valence-electron chi connectivity index (χ3n) is 3.42. The van der Waals surface area contributed by atoms with E-state index in [0.717, 1.165) is 45.3 Å². The van der Waals surface area contributed by atoms with Gasteiger partial charge in [0.15, 0.2) is 0 Å². The molecule has 1 saturated heterocycles. The van der Waals surface area contributed by atoms with Crippen molar-refractivity contribution in [3.8, 4) is 0 Å². The average Bonchev–Trinajstić information content (AvgIpc) is 2.65. The van der Waals surface area contributed by atoms with E-state index in [1.54, 1.807) is 11.8 Å². The van der Waals surface area contributed by atoms with Crippen LogP contribution in [0.3, 0.4) is 0 Å². The Hall–Kier alpha value is -1.00. The minimum absolute atomic E-state index is 0.0661. The van der Waals surface area contributed by atoms with Gasteiger partial charge in [-0.3, -0.25) is 4.79 Å². The zero-order chi connectivity index (χ0) is 14.2. The molecule has 3 nitrogen and oxygen atoms in total. The molecule has 0 aromatic heterocycles. The quantitative estimate of drug-likeness (QED) is 0.792. The summed E-state index contributed by atoms with van der Waals surface area (Å²) in [6.07, 6.45) is 4.36. The maximum atomic E-state index is 12.0. The number of nitrogens with one attached hydrogen (secondary N) is 2. The zero-order valence-electron chi connectivity index (χ0n) is 12.2. The molecule has 2 rings (SSSR count). The summed E-state index contributed by atoms with van der Waals surface area (Å²) in [5.74, 6) is 0.196. The Labute approximate surface area is 125 Å². The normalized spacial score (nSPS) is 19.4. The molecule has 1 aliphatic rings. The molecule has 1 amide bonds. The Morgan fingerprint density at radius 3 is 3.15 bits per heavy atom. The summed E-state index contributed by atoms with van der Waals surface area (Å²) in [6.45, 7) is 4.95. The number of rotatable bonds is 6. The molecule has 110 valence electrons. The van der Waals surface area contributed by atoms with E-state index in [2.05, 4.69) is 41.8 Å². The molecule has 1 atom stereocenters. The Bertz CT molecular complexity index is 436. The summed E-state index contributed by atoms with van der Waals surface area (Å²) >= 11 is 1.70. The average molecular weight is 292 g/mol.